The standard InChI is InChI=1S/C12H13N/c1-3-8-13-10(2)9-11-6-4-5-7-12(11)13/h3-9H,1-2H3/b8-3+. The van der Waals surface area contributed by atoms with Crippen LogP contribution in [0.15, 0.2) is 36.4 Å². The van der Waals surface area contributed by atoms with Crippen LogP contribution >= 0.6 is 0 Å². The Bertz CT molecular complexity index is 449. The molecule has 1 heterocycles. The molecule has 0 aliphatic heterocycles. The van der Waals surface area contributed by atoms with Crippen molar-refractivity contribution in [2.75, 3.05) is 0 Å². The number of allylic oxidation sites excluding steroid dienone is 1. The molecule has 1 heteroatoms. The Morgan fingerprint density at radius 1 is 1.23 bits per heavy atom. The number of fused-ring (bicyclic) bond motifs is 1. The Morgan fingerprint density at radius 2 is 2.00 bits per heavy atom. The summed E-state index contributed by atoms with van der Waals surface area (Å²) in [5.74, 6) is 0. The van der Waals surface area contributed by atoms with Crippen LogP contribution in [0.3, 0.4) is 0 Å². The molecule has 0 spiro atoms. The van der Waals surface area contributed by atoms with Gasteiger partial charge >= 0.3 is 0 Å². The number of hydrogen-bond acceptors (Lipinski definition) is 0. The normalized spacial score (nSPS) is 11.5. The molecule has 1 aromatic carbocycles. The summed E-state index contributed by atoms with van der Waals surface area (Å²) in [6, 6.07) is 10.6. The average molecular weight is 171 g/mol. The molecule has 0 amide bonds. The second-order valence-electron chi connectivity index (χ2n) is 3.20. The lowest BCUT2D eigenvalue weighted by Crippen LogP contribution is -1.86. The molecule has 1 nitrogen and oxygen atoms in total. The minimum atomic E-state index is 1.28. The number of aryl methyl sites for hydroxylation is 1. The first-order valence-corrected chi connectivity index (χ1v) is 4.52. The van der Waals surface area contributed by atoms with Gasteiger partial charge in [-0.3, -0.25) is 0 Å². The van der Waals surface area contributed by atoms with E-state index in [0.717, 1.165) is 0 Å². The zero-order valence-electron chi connectivity index (χ0n) is 7.99. The van der Waals surface area contributed by atoms with E-state index in [4.69, 9.17) is 0 Å². The first-order chi connectivity index (χ1) is 6.33. The van der Waals surface area contributed by atoms with Gasteiger partial charge in [-0.15, -0.1) is 0 Å². The van der Waals surface area contributed by atoms with Gasteiger partial charge in [-0.2, -0.15) is 0 Å². The van der Waals surface area contributed by atoms with Gasteiger partial charge in [0.05, 0.1) is 5.52 Å². The van der Waals surface area contributed by atoms with Gasteiger partial charge in [0, 0.05) is 17.3 Å². The molecule has 2 rings (SSSR count). The number of benzene rings is 1. The van der Waals surface area contributed by atoms with Crippen molar-refractivity contribution in [1.82, 2.24) is 4.57 Å². The molecule has 0 aliphatic carbocycles. The summed E-state index contributed by atoms with van der Waals surface area (Å²) in [5, 5.41) is 1.30. The number of aromatic nitrogens is 1. The van der Waals surface area contributed by atoms with E-state index in [1.807, 2.05) is 6.92 Å². The summed E-state index contributed by atoms with van der Waals surface area (Å²) < 4.78 is 2.20. The van der Waals surface area contributed by atoms with Gasteiger partial charge in [-0.05, 0) is 26.0 Å². The molecule has 0 N–H and O–H groups in total. The first kappa shape index (κ1) is 8.11. The van der Waals surface area contributed by atoms with E-state index in [-0.39, 0.29) is 0 Å². The zero-order chi connectivity index (χ0) is 9.26. The van der Waals surface area contributed by atoms with E-state index >= 15 is 0 Å². The highest BCUT2D eigenvalue weighted by atomic mass is 15.0. The number of hydrogen-bond donors (Lipinski definition) is 0. The highest BCUT2D eigenvalue weighted by Crippen LogP contribution is 2.19. The monoisotopic (exact) mass is 171 g/mol. The predicted octanol–water partition coefficient (Wildman–Crippen LogP) is 3.44. The summed E-state index contributed by atoms with van der Waals surface area (Å²) in [7, 11) is 0. The van der Waals surface area contributed by atoms with Crippen LogP contribution in [0.25, 0.3) is 17.1 Å². The lowest BCUT2D eigenvalue weighted by Gasteiger charge is -1.99. The van der Waals surface area contributed by atoms with Gasteiger partial charge < -0.3 is 4.57 Å². The van der Waals surface area contributed by atoms with Crippen LogP contribution in [0.2, 0.25) is 0 Å². The smallest absolute Gasteiger partial charge is 0.0525 e. The lowest BCUT2D eigenvalue weighted by atomic mass is 10.2. The fourth-order valence-corrected chi connectivity index (χ4v) is 1.66. The van der Waals surface area contributed by atoms with E-state index in [0.29, 0.717) is 0 Å². The Morgan fingerprint density at radius 3 is 2.77 bits per heavy atom. The Labute approximate surface area is 78.3 Å². The average Bonchev–Trinajstić information content (AvgIpc) is 2.44. The number of para-hydroxylation sites is 1. The Hall–Kier alpha value is -1.50. The van der Waals surface area contributed by atoms with Crippen LogP contribution in [0.5, 0.6) is 0 Å². The van der Waals surface area contributed by atoms with Crippen molar-refractivity contribution in [3.63, 3.8) is 0 Å². The quantitative estimate of drug-likeness (QED) is 0.619. The molecule has 0 radical (unpaired) electrons. The van der Waals surface area contributed by atoms with Crippen molar-refractivity contribution < 1.29 is 0 Å². The van der Waals surface area contributed by atoms with Gasteiger partial charge in [0.15, 0.2) is 0 Å². The molecule has 0 bridgehead atoms. The van der Waals surface area contributed by atoms with Crippen LogP contribution in [0, 0.1) is 6.92 Å². The maximum absolute atomic E-state index is 2.20. The van der Waals surface area contributed by atoms with Crippen LogP contribution in [-0.4, -0.2) is 4.57 Å². The molecule has 66 valence electrons. The molecular weight excluding hydrogens is 158 g/mol. The van der Waals surface area contributed by atoms with Crippen molar-refractivity contribution in [3.8, 4) is 0 Å². The molecule has 0 saturated carbocycles. The highest BCUT2D eigenvalue weighted by molar-refractivity contribution is 5.83. The van der Waals surface area contributed by atoms with Gasteiger partial charge in [0.25, 0.3) is 0 Å². The van der Waals surface area contributed by atoms with Gasteiger partial charge in [-0.1, -0.05) is 24.3 Å². The molecular formula is C12H13N. The maximum atomic E-state index is 2.20. The topological polar surface area (TPSA) is 4.93 Å². The number of rotatable bonds is 1. The second kappa shape index (κ2) is 3.09. The van der Waals surface area contributed by atoms with Gasteiger partial charge in [-0.25, -0.2) is 0 Å². The molecule has 2 aromatic rings. The third-order valence-electron chi connectivity index (χ3n) is 2.24. The molecule has 13 heavy (non-hydrogen) atoms. The SMILES string of the molecule is C/C=C/n1c(C)cc2ccccc21. The summed E-state index contributed by atoms with van der Waals surface area (Å²) in [4.78, 5) is 0. The first-order valence-electron chi connectivity index (χ1n) is 4.52. The summed E-state index contributed by atoms with van der Waals surface area (Å²) in [6.45, 7) is 4.16. The largest absolute Gasteiger partial charge is 0.321 e. The zero-order valence-corrected chi connectivity index (χ0v) is 7.99. The third-order valence-corrected chi connectivity index (χ3v) is 2.24. The van der Waals surface area contributed by atoms with Crippen LogP contribution in [0.1, 0.15) is 12.6 Å². The maximum Gasteiger partial charge on any atom is 0.0525 e. The van der Waals surface area contributed by atoms with E-state index in [1.54, 1.807) is 0 Å². The molecule has 1 aromatic heterocycles. The van der Waals surface area contributed by atoms with Crippen molar-refractivity contribution in [3.05, 3.63) is 42.1 Å². The van der Waals surface area contributed by atoms with Crippen LogP contribution in [0.4, 0.5) is 0 Å². The van der Waals surface area contributed by atoms with E-state index < -0.39 is 0 Å². The molecule has 0 fully saturated rings. The second-order valence-corrected chi connectivity index (χ2v) is 3.20. The van der Waals surface area contributed by atoms with Crippen molar-refractivity contribution in [1.29, 1.82) is 0 Å². The van der Waals surface area contributed by atoms with Crippen molar-refractivity contribution >= 4 is 17.1 Å². The fourth-order valence-electron chi connectivity index (χ4n) is 1.66. The summed E-state index contributed by atoms with van der Waals surface area (Å²) in [5.41, 5.74) is 2.55. The Balaban J connectivity index is 2.78. The third kappa shape index (κ3) is 1.26. The molecule has 0 unspecified atom stereocenters. The summed E-state index contributed by atoms with van der Waals surface area (Å²) in [6.07, 6.45) is 4.15. The van der Waals surface area contributed by atoms with E-state index in [1.165, 1.54) is 16.6 Å². The van der Waals surface area contributed by atoms with Crippen LogP contribution in [-0.2, 0) is 0 Å². The molecule has 0 aliphatic rings. The van der Waals surface area contributed by atoms with Gasteiger partial charge in [0.2, 0.25) is 0 Å². The lowest BCUT2D eigenvalue weighted by molar-refractivity contribution is 1.12. The minimum absolute atomic E-state index is 1.28. The number of nitrogens with zero attached hydrogens (tertiary/aromatic N) is 1. The van der Waals surface area contributed by atoms with E-state index in [2.05, 4.69) is 54.1 Å². The Kier molecular flexibility index (Phi) is 1.93. The fraction of sp³-hybridized carbons (Fsp3) is 0.167. The van der Waals surface area contributed by atoms with Gasteiger partial charge in [0.1, 0.15) is 0 Å². The minimum Gasteiger partial charge on any atom is -0.321 e. The summed E-state index contributed by atoms with van der Waals surface area (Å²) >= 11 is 0. The van der Waals surface area contributed by atoms with Crippen LogP contribution < -0.4 is 0 Å². The molecule has 0 saturated heterocycles. The highest BCUT2D eigenvalue weighted by Gasteiger charge is 2.00. The molecule has 0 atom stereocenters. The van der Waals surface area contributed by atoms with E-state index in [9.17, 15) is 0 Å². The predicted molar refractivity (Wildman–Crippen MR) is 57.7 cm³/mol. The van der Waals surface area contributed by atoms with Crippen molar-refractivity contribution in [2.45, 2.75) is 13.8 Å². The van der Waals surface area contributed by atoms with Crippen molar-refractivity contribution in [2.24, 2.45) is 0 Å².